The quantitative estimate of drug-likeness (QED) is 0.684. The second-order valence-corrected chi connectivity index (χ2v) is 3.39. The van der Waals surface area contributed by atoms with E-state index in [1.165, 1.54) is 0 Å². The zero-order valence-corrected chi connectivity index (χ0v) is 8.94. The van der Waals surface area contributed by atoms with Gasteiger partial charge in [0.1, 0.15) is 0 Å². The average molecular weight is 199 g/mol. The van der Waals surface area contributed by atoms with Crippen molar-refractivity contribution in [3.05, 3.63) is 36.7 Å². The smallest absolute Gasteiger partial charge is 0.0955 e. The number of aryl methyl sites for hydroxylation is 1. The molecule has 0 saturated carbocycles. The van der Waals surface area contributed by atoms with Gasteiger partial charge in [-0.2, -0.15) is 0 Å². The van der Waals surface area contributed by atoms with Gasteiger partial charge in [0.25, 0.3) is 0 Å². The largest absolute Gasteiger partial charge is 0.334 e. The lowest BCUT2D eigenvalue weighted by Gasteiger charge is -2.01. The molecule has 0 N–H and O–H groups in total. The molecular formula is C12H13N3. The molecule has 0 bridgehead atoms. The van der Waals surface area contributed by atoms with Gasteiger partial charge in [-0.1, -0.05) is 12.6 Å². The molecule has 0 radical (unpaired) electrons. The van der Waals surface area contributed by atoms with Gasteiger partial charge in [0.05, 0.1) is 23.1 Å². The summed E-state index contributed by atoms with van der Waals surface area (Å²) < 4.78 is 1.99. The fourth-order valence-corrected chi connectivity index (χ4v) is 1.54. The Morgan fingerprint density at radius 3 is 3.07 bits per heavy atom. The van der Waals surface area contributed by atoms with E-state index in [2.05, 4.69) is 22.6 Å². The first-order valence-corrected chi connectivity index (χ1v) is 4.81. The number of imidazole rings is 1. The van der Waals surface area contributed by atoms with Gasteiger partial charge in [0.15, 0.2) is 0 Å². The van der Waals surface area contributed by atoms with Crippen LogP contribution in [0.3, 0.4) is 0 Å². The Hall–Kier alpha value is -1.90. The molecule has 0 saturated heterocycles. The van der Waals surface area contributed by atoms with Gasteiger partial charge in [-0.3, -0.25) is 4.99 Å². The van der Waals surface area contributed by atoms with E-state index in [-0.39, 0.29) is 0 Å². The molecule has 0 fully saturated rings. The van der Waals surface area contributed by atoms with Crippen molar-refractivity contribution in [3.8, 4) is 0 Å². The van der Waals surface area contributed by atoms with Crippen molar-refractivity contribution in [3.63, 3.8) is 0 Å². The molecular weight excluding hydrogens is 186 g/mol. The minimum atomic E-state index is 0.778. The number of rotatable bonds is 2. The van der Waals surface area contributed by atoms with Gasteiger partial charge in [0, 0.05) is 18.8 Å². The third-order valence-electron chi connectivity index (χ3n) is 2.34. The van der Waals surface area contributed by atoms with E-state index in [0.717, 1.165) is 22.3 Å². The standard InChI is InChI=1S/C12H13N3/c1-4-13-9(2)10-5-6-11-12(7-10)15(3)8-14-11/h4-8H,2H2,1,3H3. The summed E-state index contributed by atoms with van der Waals surface area (Å²) in [6.45, 7) is 5.79. The zero-order chi connectivity index (χ0) is 10.8. The fourth-order valence-electron chi connectivity index (χ4n) is 1.54. The van der Waals surface area contributed by atoms with Crippen LogP contribution in [-0.4, -0.2) is 15.8 Å². The van der Waals surface area contributed by atoms with Crippen molar-refractivity contribution in [2.24, 2.45) is 12.0 Å². The first-order chi connectivity index (χ1) is 7.22. The van der Waals surface area contributed by atoms with Crippen LogP contribution < -0.4 is 0 Å². The Labute approximate surface area is 88.8 Å². The van der Waals surface area contributed by atoms with E-state index in [0.29, 0.717) is 0 Å². The monoisotopic (exact) mass is 199 g/mol. The van der Waals surface area contributed by atoms with Crippen LogP contribution in [0.4, 0.5) is 0 Å². The summed E-state index contributed by atoms with van der Waals surface area (Å²) in [5.41, 5.74) is 3.90. The molecule has 3 nitrogen and oxygen atoms in total. The molecule has 1 heterocycles. The maximum absolute atomic E-state index is 4.26. The lowest BCUT2D eigenvalue weighted by atomic mass is 10.1. The van der Waals surface area contributed by atoms with Crippen LogP contribution in [0.25, 0.3) is 16.7 Å². The molecule has 1 aromatic heterocycles. The van der Waals surface area contributed by atoms with E-state index >= 15 is 0 Å². The maximum atomic E-state index is 4.26. The number of nitrogens with zero attached hydrogens (tertiary/aromatic N) is 3. The van der Waals surface area contributed by atoms with Crippen molar-refractivity contribution in [2.45, 2.75) is 6.92 Å². The van der Waals surface area contributed by atoms with Crippen molar-refractivity contribution < 1.29 is 0 Å². The maximum Gasteiger partial charge on any atom is 0.0955 e. The van der Waals surface area contributed by atoms with Crippen LogP contribution in [0.1, 0.15) is 12.5 Å². The molecule has 0 spiro atoms. The van der Waals surface area contributed by atoms with Gasteiger partial charge in [0.2, 0.25) is 0 Å². The Kier molecular flexibility index (Phi) is 2.37. The van der Waals surface area contributed by atoms with Crippen molar-refractivity contribution in [2.75, 3.05) is 0 Å². The fraction of sp³-hybridized carbons (Fsp3) is 0.167. The van der Waals surface area contributed by atoms with Gasteiger partial charge in [-0.05, 0) is 19.1 Å². The Balaban J connectivity index is 2.54. The predicted octanol–water partition coefficient (Wildman–Crippen LogP) is 2.63. The molecule has 76 valence electrons. The van der Waals surface area contributed by atoms with Crippen LogP contribution in [-0.2, 0) is 7.05 Å². The molecule has 0 aliphatic carbocycles. The van der Waals surface area contributed by atoms with E-state index < -0.39 is 0 Å². The Morgan fingerprint density at radius 1 is 1.53 bits per heavy atom. The Bertz CT molecular complexity index is 535. The van der Waals surface area contributed by atoms with Crippen molar-refractivity contribution >= 4 is 22.9 Å². The normalized spacial score (nSPS) is 11.3. The lowest BCUT2D eigenvalue weighted by Crippen LogP contribution is -1.86. The first-order valence-electron chi connectivity index (χ1n) is 4.81. The van der Waals surface area contributed by atoms with E-state index in [9.17, 15) is 0 Å². The topological polar surface area (TPSA) is 30.2 Å². The summed E-state index contributed by atoms with van der Waals surface area (Å²) in [4.78, 5) is 8.43. The number of fused-ring (bicyclic) bond motifs is 1. The van der Waals surface area contributed by atoms with Crippen LogP contribution in [0.15, 0.2) is 36.1 Å². The molecule has 0 aliphatic rings. The highest BCUT2D eigenvalue weighted by molar-refractivity contribution is 5.81. The summed E-state index contributed by atoms with van der Waals surface area (Å²) >= 11 is 0. The highest BCUT2D eigenvalue weighted by atomic mass is 15.0. The molecule has 0 unspecified atom stereocenters. The third-order valence-corrected chi connectivity index (χ3v) is 2.34. The summed E-state index contributed by atoms with van der Waals surface area (Å²) in [7, 11) is 1.98. The number of aliphatic imine (C=N–C) groups is 1. The number of hydrogen-bond donors (Lipinski definition) is 0. The minimum Gasteiger partial charge on any atom is -0.334 e. The molecule has 0 aliphatic heterocycles. The predicted molar refractivity (Wildman–Crippen MR) is 63.9 cm³/mol. The van der Waals surface area contributed by atoms with Gasteiger partial charge in [-0.15, -0.1) is 0 Å². The van der Waals surface area contributed by atoms with Gasteiger partial charge < -0.3 is 4.57 Å². The summed E-state index contributed by atoms with van der Waals surface area (Å²) in [5, 5.41) is 0. The SMILES string of the molecule is C=C(N=CC)c1ccc2ncn(C)c2c1. The van der Waals surface area contributed by atoms with E-state index in [1.54, 1.807) is 12.5 Å². The number of aromatic nitrogens is 2. The van der Waals surface area contributed by atoms with E-state index in [1.807, 2.05) is 30.7 Å². The Morgan fingerprint density at radius 2 is 2.33 bits per heavy atom. The van der Waals surface area contributed by atoms with Crippen LogP contribution in [0.5, 0.6) is 0 Å². The van der Waals surface area contributed by atoms with Gasteiger partial charge in [-0.25, -0.2) is 4.98 Å². The third kappa shape index (κ3) is 1.68. The first kappa shape index (κ1) is 9.65. The number of benzene rings is 1. The molecule has 0 amide bonds. The summed E-state index contributed by atoms with van der Waals surface area (Å²) in [6.07, 6.45) is 3.55. The molecule has 1 aromatic carbocycles. The lowest BCUT2D eigenvalue weighted by molar-refractivity contribution is 0.947. The van der Waals surface area contributed by atoms with Crippen LogP contribution >= 0.6 is 0 Å². The van der Waals surface area contributed by atoms with Crippen LogP contribution in [0, 0.1) is 0 Å². The molecule has 2 rings (SSSR count). The van der Waals surface area contributed by atoms with Gasteiger partial charge >= 0.3 is 0 Å². The molecule has 3 heteroatoms. The second-order valence-electron chi connectivity index (χ2n) is 3.39. The highest BCUT2D eigenvalue weighted by Crippen LogP contribution is 2.19. The molecule has 0 atom stereocenters. The number of hydrogen-bond acceptors (Lipinski definition) is 2. The summed E-state index contributed by atoms with van der Waals surface area (Å²) in [6, 6.07) is 6.03. The summed E-state index contributed by atoms with van der Waals surface area (Å²) in [5.74, 6) is 0. The zero-order valence-electron chi connectivity index (χ0n) is 8.94. The van der Waals surface area contributed by atoms with Crippen LogP contribution in [0.2, 0.25) is 0 Å². The average Bonchev–Trinajstić information content (AvgIpc) is 2.60. The van der Waals surface area contributed by atoms with Crippen molar-refractivity contribution in [1.29, 1.82) is 0 Å². The molecule has 15 heavy (non-hydrogen) atoms. The van der Waals surface area contributed by atoms with Crippen molar-refractivity contribution in [1.82, 2.24) is 9.55 Å². The second kappa shape index (κ2) is 3.69. The highest BCUT2D eigenvalue weighted by Gasteiger charge is 2.02. The van der Waals surface area contributed by atoms with E-state index in [4.69, 9.17) is 0 Å². The molecule has 2 aromatic rings. The minimum absolute atomic E-state index is 0.778.